The Hall–Kier alpha value is -2.16. The molecule has 2 amide bonds. The maximum absolute atomic E-state index is 12.4. The van der Waals surface area contributed by atoms with Gasteiger partial charge in [0, 0.05) is 45.3 Å². The highest BCUT2D eigenvalue weighted by Gasteiger charge is 2.23. The van der Waals surface area contributed by atoms with E-state index in [1.54, 1.807) is 43.3 Å². The molecule has 1 fully saturated rings. The Labute approximate surface area is 179 Å². The van der Waals surface area contributed by atoms with Crippen molar-refractivity contribution in [1.29, 1.82) is 0 Å². The molecular weight excluding hydrogens is 412 g/mol. The third-order valence-corrected chi connectivity index (χ3v) is 6.08. The van der Waals surface area contributed by atoms with E-state index in [0.717, 1.165) is 23.8 Å². The summed E-state index contributed by atoms with van der Waals surface area (Å²) in [6.45, 7) is 5.41. The number of rotatable bonds is 6. The van der Waals surface area contributed by atoms with Gasteiger partial charge in [-0.15, -0.1) is 11.3 Å². The summed E-state index contributed by atoms with van der Waals surface area (Å²) in [6, 6.07) is 6.97. The summed E-state index contributed by atoms with van der Waals surface area (Å²) in [5, 5.41) is 1.56. The van der Waals surface area contributed by atoms with Gasteiger partial charge < -0.3 is 14.5 Å². The van der Waals surface area contributed by atoms with Gasteiger partial charge in [0.2, 0.25) is 0 Å². The molecule has 156 valence electrons. The van der Waals surface area contributed by atoms with Gasteiger partial charge in [0.15, 0.2) is 6.61 Å². The largest absolute Gasteiger partial charge is 0.484 e. The van der Waals surface area contributed by atoms with Crippen LogP contribution in [0.2, 0.25) is 5.02 Å². The molecule has 0 unspecified atom stereocenters. The van der Waals surface area contributed by atoms with Gasteiger partial charge in [0.25, 0.3) is 11.8 Å². The third-order valence-electron chi connectivity index (χ3n) is 4.70. The van der Waals surface area contributed by atoms with Crippen molar-refractivity contribution in [3.63, 3.8) is 0 Å². The molecule has 0 radical (unpaired) electrons. The molecule has 0 bridgehead atoms. The van der Waals surface area contributed by atoms with Crippen LogP contribution in [0, 0.1) is 6.92 Å². The summed E-state index contributed by atoms with van der Waals surface area (Å²) in [7, 11) is 3.49. The number of aryl methyl sites for hydroxylation is 1. The Morgan fingerprint density at radius 2 is 1.83 bits per heavy atom. The van der Waals surface area contributed by atoms with Crippen molar-refractivity contribution in [2.75, 3.05) is 46.9 Å². The van der Waals surface area contributed by atoms with E-state index in [9.17, 15) is 9.59 Å². The van der Waals surface area contributed by atoms with Crippen molar-refractivity contribution in [2.45, 2.75) is 13.5 Å². The van der Waals surface area contributed by atoms with E-state index in [1.165, 1.54) is 11.3 Å². The first-order chi connectivity index (χ1) is 13.8. The molecule has 2 aromatic rings. The summed E-state index contributed by atoms with van der Waals surface area (Å²) in [4.78, 5) is 35.5. The van der Waals surface area contributed by atoms with Crippen LogP contribution in [0.25, 0.3) is 0 Å². The number of amides is 2. The average Bonchev–Trinajstić information content (AvgIpc) is 3.07. The summed E-state index contributed by atoms with van der Waals surface area (Å²) >= 11 is 7.30. The lowest BCUT2D eigenvalue weighted by Gasteiger charge is -2.34. The highest BCUT2D eigenvalue weighted by Crippen LogP contribution is 2.21. The molecule has 0 N–H and O–H groups in total. The smallest absolute Gasteiger partial charge is 0.265 e. The van der Waals surface area contributed by atoms with E-state index >= 15 is 0 Å². The Bertz CT molecular complexity index is 861. The molecule has 1 aromatic heterocycles. The number of hydrogen-bond acceptors (Lipinski definition) is 6. The van der Waals surface area contributed by atoms with Crippen molar-refractivity contribution in [3.05, 3.63) is 44.9 Å². The Morgan fingerprint density at radius 1 is 1.17 bits per heavy atom. The molecule has 1 aliphatic rings. The fourth-order valence-electron chi connectivity index (χ4n) is 3.04. The number of nitrogens with zero attached hydrogens (tertiary/aromatic N) is 4. The fourth-order valence-corrected chi connectivity index (χ4v) is 4.29. The monoisotopic (exact) mass is 436 g/mol. The lowest BCUT2D eigenvalue weighted by Crippen LogP contribution is -2.49. The minimum Gasteiger partial charge on any atom is -0.484 e. The number of piperazine rings is 1. The molecule has 1 aliphatic heterocycles. The SMILES string of the molecule is Cc1nc(CN2CCN(C(=O)COc3ccc(Cl)cc3)CC2)sc1C(=O)N(C)C. The van der Waals surface area contributed by atoms with Crippen molar-refractivity contribution >= 4 is 34.8 Å². The van der Waals surface area contributed by atoms with Crippen LogP contribution in [-0.2, 0) is 11.3 Å². The molecular formula is C20H25ClN4O3S. The van der Waals surface area contributed by atoms with Crippen molar-refractivity contribution in [3.8, 4) is 5.75 Å². The van der Waals surface area contributed by atoms with E-state index in [-0.39, 0.29) is 18.4 Å². The maximum Gasteiger partial charge on any atom is 0.265 e. The Morgan fingerprint density at radius 3 is 2.45 bits per heavy atom. The van der Waals surface area contributed by atoms with Crippen LogP contribution in [0.3, 0.4) is 0 Å². The summed E-state index contributed by atoms with van der Waals surface area (Å²) in [6.07, 6.45) is 0. The van der Waals surface area contributed by atoms with Gasteiger partial charge in [0.1, 0.15) is 15.6 Å². The summed E-state index contributed by atoms with van der Waals surface area (Å²) < 4.78 is 5.55. The lowest BCUT2D eigenvalue weighted by molar-refractivity contribution is -0.135. The number of benzene rings is 1. The van der Waals surface area contributed by atoms with Gasteiger partial charge in [0.05, 0.1) is 12.2 Å². The second-order valence-electron chi connectivity index (χ2n) is 7.12. The number of aromatic nitrogens is 1. The van der Waals surface area contributed by atoms with Crippen LogP contribution in [0.15, 0.2) is 24.3 Å². The topological polar surface area (TPSA) is 66.0 Å². The first-order valence-electron chi connectivity index (χ1n) is 9.40. The number of carbonyl (C=O) groups is 2. The molecule has 0 saturated carbocycles. The quantitative estimate of drug-likeness (QED) is 0.696. The van der Waals surface area contributed by atoms with Gasteiger partial charge in [-0.05, 0) is 31.2 Å². The van der Waals surface area contributed by atoms with Crippen molar-refractivity contribution < 1.29 is 14.3 Å². The number of hydrogen-bond donors (Lipinski definition) is 0. The molecule has 29 heavy (non-hydrogen) atoms. The highest BCUT2D eigenvalue weighted by atomic mass is 35.5. The fraction of sp³-hybridized carbons (Fsp3) is 0.450. The predicted molar refractivity (Wildman–Crippen MR) is 114 cm³/mol. The third kappa shape index (κ3) is 5.68. The van der Waals surface area contributed by atoms with Crippen LogP contribution in [0.4, 0.5) is 0 Å². The number of thiazole rings is 1. The minimum atomic E-state index is -0.0245. The zero-order valence-corrected chi connectivity index (χ0v) is 18.4. The Balaban J connectivity index is 1.46. The standard InChI is InChI=1S/C20H25ClN4O3S/c1-14-19(20(27)23(2)3)29-17(22-14)12-24-8-10-25(11-9-24)18(26)13-28-16-6-4-15(21)5-7-16/h4-7H,8-13H2,1-3H3. The highest BCUT2D eigenvalue weighted by molar-refractivity contribution is 7.13. The molecule has 1 saturated heterocycles. The first kappa shape index (κ1) is 21.5. The normalized spacial score (nSPS) is 14.7. The molecule has 0 atom stereocenters. The number of halogens is 1. The lowest BCUT2D eigenvalue weighted by atomic mass is 10.3. The second kappa shape index (κ2) is 9.56. The molecule has 1 aromatic carbocycles. The maximum atomic E-state index is 12.4. The zero-order valence-electron chi connectivity index (χ0n) is 16.9. The van der Waals surface area contributed by atoms with Crippen LogP contribution in [-0.4, -0.2) is 78.4 Å². The van der Waals surface area contributed by atoms with Crippen LogP contribution >= 0.6 is 22.9 Å². The van der Waals surface area contributed by atoms with E-state index in [1.807, 2.05) is 11.8 Å². The van der Waals surface area contributed by atoms with Gasteiger partial charge in [-0.3, -0.25) is 14.5 Å². The van der Waals surface area contributed by atoms with E-state index in [2.05, 4.69) is 9.88 Å². The van der Waals surface area contributed by atoms with Gasteiger partial charge in [-0.2, -0.15) is 0 Å². The molecule has 0 aliphatic carbocycles. The zero-order chi connectivity index (χ0) is 21.0. The van der Waals surface area contributed by atoms with E-state index < -0.39 is 0 Å². The van der Waals surface area contributed by atoms with Gasteiger partial charge in [-0.25, -0.2) is 4.98 Å². The molecule has 2 heterocycles. The van der Waals surface area contributed by atoms with Crippen LogP contribution in [0.5, 0.6) is 5.75 Å². The molecule has 7 nitrogen and oxygen atoms in total. The van der Waals surface area contributed by atoms with Crippen molar-refractivity contribution in [1.82, 2.24) is 19.7 Å². The molecule has 0 spiro atoms. The minimum absolute atomic E-state index is 0.0117. The van der Waals surface area contributed by atoms with Gasteiger partial charge >= 0.3 is 0 Å². The van der Waals surface area contributed by atoms with E-state index in [4.69, 9.17) is 16.3 Å². The second-order valence-corrected chi connectivity index (χ2v) is 8.64. The Kier molecular flexibility index (Phi) is 7.10. The van der Waals surface area contributed by atoms with Crippen LogP contribution in [0.1, 0.15) is 20.4 Å². The van der Waals surface area contributed by atoms with Gasteiger partial charge in [-0.1, -0.05) is 11.6 Å². The molecule has 3 rings (SSSR count). The van der Waals surface area contributed by atoms with Crippen LogP contribution < -0.4 is 4.74 Å². The molecule has 9 heteroatoms. The first-order valence-corrected chi connectivity index (χ1v) is 10.6. The predicted octanol–water partition coefficient (Wildman–Crippen LogP) is 2.53. The summed E-state index contributed by atoms with van der Waals surface area (Å²) in [5.41, 5.74) is 0.775. The number of ether oxygens (including phenoxy) is 1. The average molecular weight is 437 g/mol. The van der Waals surface area contributed by atoms with E-state index in [0.29, 0.717) is 35.3 Å². The van der Waals surface area contributed by atoms with Crippen molar-refractivity contribution in [2.24, 2.45) is 0 Å². The number of carbonyl (C=O) groups excluding carboxylic acids is 2. The summed E-state index contributed by atoms with van der Waals surface area (Å²) in [5.74, 6) is 0.592.